The fraction of sp³-hybridized carbons (Fsp3) is 0.886. The second kappa shape index (κ2) is 13.0. The number of aliphatic hydroxyl groups excluding tert-OH is 2. The number of carbonyl (C=O) groups is 2. The van der Waals surface area contributed by atoms with Gasteiger partial charge in [-0.3, -0.25) is 4.79 Å². The molecule has 7 heteroatoms. The molecule has 1 heterocycles. The monoisotopic (exact) mass is 588 g/mol. The number of rotatable bonds is 12. The minimum absolute atomic E-state index is 0.0995. The number of esters is 1. The zero-order chi connectivity index (χ0) is 30.2. The van der Waals surface area contributed by atoms with Crippen molar-refractivity contribution in [3.8, 4) is 0 Å². The van der Waals surface area contributed by atoms with Crippen molar-refractivity contribution in [3.63, 3.8) is 0 Å². The summed E-state index contributed by atoms with van der Waals surface area (Å²) < 4.78 is 16.6. The first kappa shape index (κ1) is 32.1. The van der Waals surface area contributed by atoms with Crippen molar-refractivity contribution < 1.29 is 34.0 Å². The Hall–Kier alpha value is -1.28. The minimum Gasteiger partial charge on any atom is -0.449 e. The molecule has 1 saturated heterocycles. The average Bonchev–Trinajstić information content (AvgIpc) is 3.45. The lowest BCUT2D eigenvalue weighted by atomic mass is 9.47. The highest BCUT2D eigenvalue weighted by Crippen LogP contribution is 2.67. The fourth-order valence-corrected chi connectivity index (χ4v) is 10.2. The Balaban J connectivity index is 1.13. The molecular formula is C35H56O7. The number of hydrogen-bond acceptors (Lipinski definition) is 7. The third kappa shape index (κ3) is 6.01. The summed E-state index contributed by atoms with van der Waals surface area (Å²) in [6, 6.07) is 0. The van der Waals surface area contributed by atoms with Crippen molar-refractivity contribution in [3.05, 3.63) is 11.6 Å². The summed E-state index contributed by atoms with van der Waals surface area (Å²) in [7, 11) is 0. The molecule has 5 unspecified atom stereocenters. The fourth-order valence-electron chi connectivity index (χ4n) is 10.2. The van der Waals surface area contributed by atoms with Crippen molar-refractivity contribution in [2.75, 3.05) is 19.8 Å². The Kier molecular flexibility index (Phi) is 9.93. The number of hydrogen-bond donors (Lipinski definition) is 2. The first-order valence-corrected chi connectivity index (χ1v) is 17.0. The second-order valence-electron chi connectivity index (χ2n) is 15.3. The van der Waals surface area contributed by atoms with Crippen LogP contribution in [-0.2, 0) is 23.8 Å². The molecule has 0 aromatic heterocycles. The van der Waals surface area contributed by atoms with E-state index < -0.39 is 36.7 Å². The van der Waals surface area contributed by atoms with Gasteiger partial charge >= 0.3 is 5.97 Å². The van der Waals surface area contributed by atoms with E-state index in [0.29, 0.717) is 12.0 Å². The Bertz CT molecular complexity index is 1010. The van der Waals surface area contributed by atoms with Crippen LogP contribution in [0.2, 0.25) is 0 Å². The van der Waals surface area contributed by atoms with Crippen LogP contribution < -0.4 is 0 Å². The van der Waals surface area contributed by atoms with Crippen molar-refractivity contribution in [2.24, 2.45) is 46.3 Å². The lowest BCUT2D eigenvalue weighted by molar-refractivity contribution is -0.154. The van der Waals surface area contributed by atoms with Gasteiger partial charge in [-0.2, -0.15) is 0 Å². The van der Waals surface area contributed by atoms with Gasteiger partial charge in [-0.15, -0.1) is 0 Å². The molecule has 42 heavy (non-hydrogen) atoms. The van der Waals surface area contributed by atoms with E-state index in [-0.39, 0.29) is 18.1 Å². The van der Waals surface area contributed by atoms with Crippen molar-refractivity contribution >= 4 is 11.8 Å². The maximum absolute atomic E-state index is 12.3. The van der Waals surface area contributed by atoms with Crippen molar-refractivity contribution in [2.45, 2.75) is 130 Å². The number of Topliss-reactive ketones (excluding diaryl/α,β-unsaturated/α-hetero) is 1. The standard InChI is InChI=1S/C35H56O7/c1-21(2)7-6-8-22(3)26-11-12-27-25-10-9-23-19-24(13-15-34(23,4)28(25)14-16-35(26,27)5)40-17-18-41-32-30(38)31(29(37)20-36)42-33(32)39/h9,21-22,24-29,31-32,36-37H,6-8,10-20H2,1-5H3/t22-,24?,25?,26-,27?,28?,29+,31-,32?,34+,35-/m1/s1. The number of aliphatic hydroxyl groups is 2. The predicted molar refractivity (Wildman–Crippen MR) is 161 cm³/mol. The van der Waals surface area contributed by atoms with Gasteiger partial charge in [0, 0.05) is 0 Å². The van der Waals surface area contributed by atoms with Crippen LogP contribution in [0.3, 0.4) is 0 Å². The average molecular weight is 589 g/mol. The summed E-state index contributed by atoms with van der Waals surface area (Å²) in [4.78, 5) is 24.3. The van der Waals surface area contributed by atoms with E-state index in [1.165, 1.54) is 51.4 Å². The van der Waals surface area contributed by atoms with Crippen molar-refractivity contribution in [1.82, 2.24) is 0 Å². The van der Waals surface area contributed by atoms with Gasteiger partial charge < -0.3 is 24.4 Å². The zero-order valence-corrected chi connectivity index (χ0v) is 26.7. The van der Waals surface area contributed by atoms with E-state index in [9.17, 15) is 14.7 Å². The molecule has 238 valence electrons. The number of allylic oxidation sites excluding steroid dienone is 1. The lowest BCUT2D eigenvalue weighted by Crippen LogP contribution is -2.51. The maximum atomic E-state index is 12.3. The molecule has 1 aliphatic heterocycles. The van der Waals surface area contributed by atoms with E-state index in [0.717, 1.165) is 54.8 Å². The smallest absolute Gasteiger partial charge is 0.344 e. The third-order valence-electron chi connectivity index (χ3n) is 12.5. The first-order valence-electron chi connectivity index (χ1n) is 17.0. The Morgan fingerprint density at radius 3 is 2.50 bits per heavy atom. The Morgan fingerprint density at radius 1 is 1.00 bits per heavy atom. The van der Waals surface area contributed by atoms with Gasteiger partial charge in [0.05, 0.1) is 25.9 Å². The van der Waals surface area contributed by atoms with Gasteiger partial charge in [-0.1, -0.05) is 65.5 Å². The van der Waals surface area contributed by atoms with E-state index >= 15 is 0 Å². The normalized spacial score (nSPS) is 41.1. The van der Waals surface area contributed by atoms with Gasteiger partial charge in [0.1, 0.15) is 6.10 Å². The summed E-state index contributed by atoms with van der Waals surface area (Å²) in [6.45, 7) is 12.2. The Labute approximate surface area is 253 Å². The van der Waals surface area contributed by atoms with E-state index in [1.807, 2.05) is 0 Å². The molecule has 3 saturated carbocycles. The lowest BCUT2D eigenvalue weighted by Gasteiger charge is -2.58. The Morgan fingerprint density at radius 2 is 1.76 bits per heavy atom. The van der Waals surface area contributed by atoms with E-state index in [4.69, 9.17) is 19.3 Å². The highest BCUT2D eigenvalue weighted by atomic mass is 16.6. The van der Waals surface area contributed by atoms with Crippen LogP contribution in [0.5, 0.6) is 0 Å². The van der Waals surface area contributed by atoms with Crippen LogP contribution in [0.4, 0.5) is 0 Å². The molecule has 0 spiro atoms. The van der Waals surface area contributed by atoms with Crippen molar-refractivity contribution in [1.29, 1.82) is 0 Å². The summed E-state index contributed by atoms with van der Waals surface area (Å²) in [5.41, 5.74) is 2.35. The molecule has 5 rings (SSSR count). The number of ether oxygens (including phenoxy) is 3. The van der Waals surface area contributed by atoms with Crippen LogP contribution in [0.1, 0.15) is 105 Å². The molecule has 0 amide bonds. The molecule has 0 aromatic rings. The quantitative estimate of drug-likeness (QED) is 0.132. The van der Waals surface area contributed by atoms with E-state index in [1.54, 1.807) is 5.57 Å². The van der Waals surface area contributed by atoms with Gasteiger partial charge in [0.25, 0.3) is 0 Å². The molecule has 4 fully saturated rings. The predicted octanol–water partition coefficient (Wildman–Crippen LogP) is 5.65. The molecule has 7 nitrogen and oxygen atoms in total. The van der Waals surface area contributed by atoms with Crippen LogP contribution in [0, 0.1) is 46.3 Å². The third-order valence-corrected chi connectivity index (χ3v) is 12.5. The molecule has 0 radical (unpaired) electrons. The molecule has 0 bridgehead atoms. The van der Waals surface area contributed by atoms with Crippen LogP contribution in [0.25, 0.3) is 0 Å². The number of fused-ring (bicyclic) bond motifs is 5. The topological polar surface area (TPSA) is 102 Å². The SMILES string of the molecule is CC(C)CCC[C@@H](C)[C@H]1CCC2C3CC=C4CC(OCCOC5C(=O)O[C@H]([C@@H](O)CO)C5=O)CC[C@]4(C)C3CC[C@@]21C. The number of carbonyl (C=O) groups excluding carboxylic acids is 2. The summed E-state index contributed by atoms with van der Waals surface area (Å²) >= 11 is 0. The summed E-state index contributed by atoms with van der Waals surface area (Å²) in [5.74, 6) is 3.51. The van der Waals surface area contributed by atoms with Crippen LogP contribution >= 0.6 is 0 Å². The van der Waals surface area contributed by atoms with Crippen LogP contribution in [-0.4, -0.2) is 66.2 Å². The number of ketones is 1. The maximum Gasteiger partial charge on any atom is 0.344 e. The van der Waals surface area contributed by atoms with Crippen LogP contribution in [0.15, 0.2) is 11.6 Å². The molecule has 5 aliphatic rings. The van der Waals surface area contributed by atoms with Gasteiger partial charge in [-0.25, -0.2) is 4.79 Å². The second-order valence-corrected chi connectivity index (χ2v) is 15.3. The van der Waals surface area contributed by atoms with Gasteiger partial charge in [0.2, 0.25) is 11.9 Å². The van der Waals surface area contributed by atoms with Gasteiger partial charge in [0.15, 0.2) is 6.10 Å². The van der Waals surface area contributed by atoms with Gasteiger partial charge in [-0.05, 0) is 97.7 Å². The molecule has 4 aliphatic carbocycles. The van der Waals surface area contributed by atoms with E-state index in [2.05, 4.69) is 40.7 Å². The largest absolute Gasteiger partial charge is 0.449 e. The number of cyclic esters (lactones) is 1. The highest BCUT2D eigenvalue weighted by Gasteiger charge is 2.59. The first-order chi connectivity index (χ1) is 20.0. The molecular weight excluding hydrogens is 532 g/mol. The molecule has 11 atom stereocenters. The summed E-state index contributed by atoms with van der Waals surface area (Å²) in [5, 5.41) is 18.8. The highest BCUT2D eigenvalue weighted by molar-refractivity contribution is 6.09. The zero-order valence-electron chi connectivity index (χ0n) is 26.7. The summed E-state index contributed by atoms with van der Waals surface area (Å²) in [6.07, 6.45) is 12.6. The molecule has 2 N–H and O–H groups in total. The minimum atomic E-state index is -1.43. The molecule has 0 aromatic carbocycles.